The second kappa shape index (κ2) is 6.42. The summed E-state index contributed by atoms with van der Waals surface area (Å²) in [6, 6.07) is 10.7. The van der Waals surface area contributed by atoms with Gasteiger partial charge in [0.25, 0.3) is 0 Å². The van der Waals surface area contributed by atoms with Crippen molar-refractivity contribution in [2.24, 2.45) is 0 Å². The summed E-state index contributed by atoms with van der Waals surface area (Å²) in [5.74, 6) is 0.500. The Morgan fingerprint density at radius 3 is 2.61 bits per heavy atom. The normalized spacial score (nSPS) is 15.1. The predicted molar refractivity (Wildman–Crippen MR) is 106 cm³/mol. The molecule has 8 heteroatoms. The smallest absolute Gasteiger partial charge is 0.156 e. The van der Waals surface area contributed by atoms with Crippen molar-refractivity contribution in [1.82, 2.24) is 29.0 Å². The molecule has 142 valence electrons. The Morgan fingerprint density at radius 1 is 1.11 bits per heavy atom. The van der Waals surface area contributed by atoms with Crippen LogP contribution in [-0.4, -0.2) is 56.2 Å². The molecule has 0 radical (unpaired) electrons. The van der Waals surface area contributed by atoms with Crippen molar-refractivity contribution >= 4 is 11.5 Å². The van der Waals surface area contributed by atoms with Crippen molar-refractivity contribution in [1.29, 1.82) is 0 Å². The van der Waals surface area contributed by atoms with Gasteiger partial charge in [-0.25, -0.2) is 18.9 Å². The molecule has 0 unspecified atom stereocenters. The molecule has 3 aromatic heterocycles. The number of imidazole rings is 2. The number of anilines is 1. The molecule has 1 aliphatic heterocycles. The monoisotopic (exact) mass is 377 g/mol. The Kier molecular flexibility index (Phi) is 3.87. The summed E-state index contributed by atoms with van der Waals surface area (Å²) in [4.78, 5) is 11.4. The Balaban J connectivity index is 1.67. The Bertz CT molecular complexity index is 1140. The van der Waals surface area contributed by atoms with Crippen LogP contribution >= 0.6 is 0 Å². The average molecular weight is 377 g/mol. The van der Waals surface area contributed by atoms with Gasteiger partial charge in [-0.1, -0.05) is 0 Å². The maximum atomic E-state index is 13.4. The van der Waals surface area contributed by atoms with Gasteiger partial charge in [0.1, 0.15) is 17.3 Å². The number of hydrogen-bond donors (Lipinski definition) is 1. The highest BCUT2D eigenvalue weighted by molar-refractivity contribution is 5.77. The first-order valence-corrected chi connectivity index (χ1v) is 9.18. The average Bonchev–Trinajstić information content (AvgIpc) is 3.29. The molecule has 4 aromatic rings. The lowest BCUT2D eigenvalue weighted by molar-refractivity contribution is 0.141. The van der Waals surface area contributed by atoms with E-state index in [-0.39, 0.29) is 5.82 Å². The number of fused-ring (bicyclic) bond motifs is 1. The van der Waals surface area contributed by atoms with Crippen LogP contribution in [0.25, 0.3) is 28.3 Å². The molecule has 0 amide bonds. The van der Waals surface area contributed by atoms with Crippen molar-refractivity contribution in [3.8, 4) is 22.6 Å². The fourth-order valence-electron chi connectivity index (χ4n) is 3.68. The fourth-order valence-corrected chi connectivity index (χ4v) is 3.68. The lowest BCUT2D eigenvalue weighted by Crippen LogP contribution is -2.44. The minimum Gasteiger partial charge on any atom is -0.372 e. The molecule has 1 N–H and O–H groups in total. The zero-order valence-electron chi connectivity index (χ0n) is 15.7. The molecule has 1 aromatic carbocycles. The molecule has 0 bridgehead atoms. The van der Waals surface area contributed by atoms with E-state index in [1.54, 1.807) is 16.6 Å². The molecule has 0 aliphatic carbocycles. The molecule has 1 aliphatic rings. The number of nitrogens with one attached hydrogen (secondary N) is 1. The lowest BCUT2D eigenvalue weighted by atomic mass is 10.1. The van der Waals surface area contributed by atoms with Crippen molar-refractivity contribution in [2.45, 2.75) is 6.04 Å². The quantitative estimate of drug-likeness (QED) is 0.592. The highest BCUT2D eigenvalue weighted by Crippen LogP contribution is 2.34. The molecule has 1 saturated heterocycles. The van der Waals surface area contributed by atoms with Gasteiger partial charge in [-0.15, -0.1) is 0 Å². The summed E-state index contributed by atoms with van der Waals surface area (Å²) in [7, 11) is 3.93. The van der Waals surface area contributed by atoms with Gasteiger partial charge in [-0.05, 0) is 43.4 Å². The molecule has 7 nitrogen and oxygen atoms in total. The third-order valence-electron chi connectivity index (χ3n) is 5.17. The third kappa shape index (κ3) is 2.73. The number of likely N-dealkylation sites (N-methyl/N-ethyl adjacent to an activating group) is 1. The van der Waals surface area contributed by atoms with Crippen molar-refractivity contribution < 1.29 is 4.39 Å². The zero-order valence-corrected chi connectivity index (χ0v) is 15.7. The number of hydrogen-bond acceptors (Lipinski definition) is 5. The number of rotatable bonds is 4. The van der Waals surface area contributed by atoms with Gasteiger partial charge in [-0.2, -0.15) is 5.10 Å². The number of likely N-dealkylation sites (tertiary alicyclic amines) is 1. The van der Waals surface area contributed by atoms with E-state index in [0.29, 0.717) is 6.04 Å². The van der Waals surface area contributed by atoms with Crippen LogP contribution in [0.5, 0.6) is 0 Å². The minimum absolute atomic E-state index is 0.261. The van der Waals surface area contributed by atoms with Crippen LogP contribution in [0.15, 0.2) is 48.9 Å². The van der Waals surface area contributed by atoms with Gasteiger partial charge in [-0.3, -0.25) is 0 Å². The molecule has 0 saturated carbocycles. The number of halogens is 1. The van der Waals surface area contributed by atoms with E-state index in [1.807, 2.05) is 31.7 Å². The lowest BCUT2D eigenvalue weighted by Gasteiger charge is -2.37. The van der Waals surface area contributed by atoms with Crippen LogP contribution in [0.1, 0.15) is 6.04 Å². The predicted octanol–water partition coefficient (Wildman–Crippen LogP) is 2.93. The topological polar surface area (TPSA) is 63.3 Å². The van der Waals surface area contributed by atoms with Gasteiger partial charge in [0, 0.05) is 25.7 Å². The molecule has 0 atom stereocenters. The Labute approximate surface area is 161 Å². The highest BCUT2D eigenvalue weighted by Gasteiger charge is 2.29. The van der Waals surface area contributed by atoms with E-state index in [9.17, 15) is 4.39 Å². The second-order valence-corrected chi connectivity index (χ2v) is 7.13. The molecule has 5 rings (SSSR count). The van der Waals surface area contributed by atoms with Gasteiger partial charge >= 0.3 is 0 Å². The van der Waals surface area contributed by atoms with E-state index in [4.69, 9.17) is 5.10 Å². The van der Waals surface area contributed by atoms with E-state index in [1.165, 1.54) is 12.1 Å². The first-order valence-electron chi connectivity index (χ1n) is 9.18. The third-order valence-corrected chi connectivity index (χ3v) is 5.17. The first-order chi connectivity index (χ1) is 13.6. The Morgan fingerprint density at radius 2 is 1.89 bits per heavy atom. The van der Waals surface area contributed by atoms with Crippen molar-refractivity contribution in [3.05, 3.63) is 54.7 Å². The molecular weight excluding hydrogens is 357 g/mol. The van der Waals surface area contributed by atoms with Gasteiger partial charge in [0.15, 0.2) is 5.65 Å². The molecule has 0 spiro atoms. The number of aromatic nitrogens is 5. The molecule has 1 fully saturated rings. The van der Waals surface area contributed by atoms with Crippen LogP contribution < -0.4 is 5.32 Å². The molecular formula is C20H20FN7. The number of nitrogens with zero attached hydrogens (tertiary/aromatic N) is 6. The highest BCUT2D eigenvalue weighted by atomic mass is 19.1. The second-order valence-electron chi connectivity index (χ2n) is 7.13. The Hall–Kier alpha value is -3.26. The summed E-state index contributed by atoms with van der Waals surface area (Å²) in [5.41, 5.74) is 4.18. The summed E-state index contributed by atoms with van der Waals surface area (Å²) >= 11 is 0. The fraction of sp³-hybridized carbons (Fsp3) is 0.250. The van der Waals surface area contributed by atoms with Crippen LogP contribution in [0.3, 0.4) is 0 Å². The van der Waals surface area contributed by atoms with E-state index in [2.05, 4.69) is 31.8 Å². The van der Waals surface area contributed by atoms with Crippen LogP contribution in [0.4, 0.5) is 10.2 Å². The molecule has 4 heterocycles. The van der Waals surface area contributed by atoms with Crippen LogP contribution in [0.2, 0.25) is 0 Å². The zero-order chi connectivity index (χ0) is 19.3. The summed E-state index contributed by atoms with van der Waals surface area (Å²) in [6.07, 6.45) is 3.72. The maximum Gasteiger partial charge on any atom is 0.156 e. The minimum atomic E-state index is -0.261. The van der Waals surface area contributed by atoms with Crippen molar-refractivity contribution in [2.75, 3.05) is 32.5 Å². The van der Waals surface area contributed by atoms with Crippen LogP contribution in [0, 0.1) is 5.82 Å². The number of benzene rings is 1. The summed E-state index contributed by atoms with van der Waals surface area (Å²) in [5, 5.41) is 7.81. The largest absolute Gasteiger partial charge is 0.372 e. The van der Waals surface area contributed by atoms with Gasteiger partial charge in [0.2, 0.25) is 0 Å². The SMILES string of the molecule is CNc1cn2nc(-c3c(-c4ccc(F)cc4)ncn3C3CN(C)C3)ccc2n1. The van der Waals surface area contributed by atoms with E-state index >= 15 is 0 Å². The van der Waals surface area contributed by atoms with Gasteiger partial charge in [0.05, 0.1) is 30.0 Å². The van der Waals surface area contributed by atoms with Crippen LogP contribution in [-0.2, 0) is 0 Å². The van der Waals surface area contributed by atoms with Gasteiger partial charge < -0.3 is 14.8 Å². The summed E-state index contributed by atoms with van der Waals surface area (Å²) in [6.45, 7) is 1.92. The standard InChI is InChI=1S/C20H20FN7/c1-22-17-11-28-18(24-17)8-7-16(25-28)20-19(13-3-5-14(21)6-4-13)23-12-27(20)15-9-26(2)10-15/h3-8,11-12,15,22H,9-10H2,1-2H3. The maximum absolute atomic E-state index is 13.4. The van der Waals surface area contributed by atoms with E-state index < -0.39 is 0 Å². The van der Waals surface area contributed by atoms with E-state index in [0.717, 1.165) is 47.2 Å². The summed E-state index contributed by atoms with van der Waals surface area (Å²) < 4.78 is 17.4. The first kappa shape index (κ1) is 16.9. The molecule has 28 heavy (non-hydrogen) atoms. The van der Waals surface area contributed by atoms with Crippen molar-refractivity contribution in [3.63, 3.8) is 0 Å².